The molecule has 5 rings (SSSR count). The molecule has 3 aromatic rings. The van der Waals surface area contributed by atoms with Gasteiger partial charge in [-0.3, -0.25) is 4.79 Å². The highest BCUT2D eigenvalue weighted by atomic mass is 19.1. The minimum atomic E-state index is -1.01. The number of carbonyl (C=O) groups is 1. The fourth-order valence-electron chi connectivity index (χ4n) is 5.39. The number of rotatable bonds is 5. The number of piperidine rings is 1. The van der Waals surface area contributed by atoms with Crippen molar-refractivity contribution in [1.82, 2.24) is 24.4 Å². The molecule has 2 aliphatic rings. The third-order valence-electron chi connectivity index (χ3n) is 7.61. The Kier molecular flexibility index (Phi) is 6.22. The van der Waals surface area contributed by atoms with Gasteiger partial charge in [0.1, 0.15) is 23.2 Å². The van der Waals surface area contributed by atoms with Crippen molar-refractivity contribution in [2.24, 2.45) is 11.7 Å². The lowest BCUT2D eigenvalue weighted by atomic mass is 9.91. The maximum absolute atomic E-state index is 14.7. The quantitative estimate of drug-likeness (QED) is 0.551. The van der Waals surface area contributed by atoms with Crippen molar-refractivity contribution in [1.29, 1.82) is 5.26 Å². The summed E-state index contributed by atoms with van der Waals surface area (Å²) in [6.07, 6.45) is 5.70. The summed E-state index contributed by atoms with van der Waals surface area (Å²) in [6, 6.07) is 5.44. The van der Waals surface area contributed by atoms with Gasteiger partial charge in [-0.1, -0.05) is 0 Å². The molecule has 0 aliphatic carbocycles. The van der Waals surface area contributed by atoms with E-state index in [4.69, 9.17) is 16.7 Å². The predicted molar refractivity (Wildman–Crippen MR) is 133 cm³/mol. The first kappa shape index (κ1) is 23.9. The summed E-state index contributed by atoms with van der Waals surface area (Å²) >= 11 is 0. The van der Waals surface area contributed by atoms with E-state index in [-0.39, 0.29) is 17.5 Å². The second kappa shape index (κ2) is 9.35. The molecule has 4 heterocycles. The Morgan fingerprint density at radius 3 is 2.78 bits per heavy atom. The van der Waals surface area contributed by atoms with Crippen LogP contribution in [0.2, 0.25) is 0 Å². The number of hydrogen-bond donors (Lipinski definition) is 2. The van der Waals surface area contributed by atoms with Crippen molar-refractivity contribution in [3.05, 3.63) is 41.7 Å². The van der Waals surface area contributed by atoms with Gasteiger partial charge in [0.25, 0.3) is 0 Å². The maximum Gasteiger partial charge on any atom is 0.244 e. The second-order valence-electron chi connectivity index (χ2n) is 9.90. The summed E-state index contributed by atoms with van der Waals surface area (Å²) in [6.45, 7) is 4.28. The molecule has 2 fully saturated rings. The Morgan fingerprint density at radius 2 is 2.03 bits per heavy atom. The topological polar surface area (TPSA) is 143 Å². The van der Waals surface area contributed by atoms with Crippen molar-refractivity contribution in [2.45, 2.75) is 44.7 Å². The zero-order chi connectivity index (χ0) is 25.4. The molecule has 10 nitrogen and oxygen atoms in total. The highest BCUT2D eigenvalue weighted by molar-refractivity contribution is 5.88. The number of imidazole rings is 1. The first-order chi connectivity index (χ1) is 17.3. The van der Waals surface area contributed by atoms with Gasteiger partial charge < -0.3 is 25.8 Å². The highest BCUT2D eigenvalue weighted by Crippen LogP contribution is 2.34. The maximum atomic E-state index is 14.7. The van der Waals surface area contributed by atoms with Crippen LogP contribution in [0.15, 0.2) is 24.8 Å². The van der Waals surface area contributed by atoms with Crippen molar-refractivity contribution in [3.63, 3.8) is 0 Å². The van der Waals surface area contributed by atoms with E-state index in [0.717, 1.165) is 24.1 Å². The van der Waals surface area contributed by atoms with Gasteiger partial charge in [0.15, 0.2) is 11.5 Å². The van der Waals surface area contributed by atoms with Gasteiger partial charge in [0.05, 0.1) is 18.9 Å². The number of carbonyl (C=O) groups excluding carboxylic acids is 1. The fraction of sp³-hybridized carbons (Fsp3) is 0.480. The predicted octanol–water partition coefficient (Wildman–Crippen LogP) is 1.96. The summed E-state index contributed by atoms with van der Waals surface area (Å²) in [4.78, 5) is 29.9. The molecule has 0 radical (unpaired) electrons. The van der Waals surface area contributed by atoms with E-state index in [0.29, 0.717) is 68.2 Å². The van der Waals surface area contributed by atoms with Gasteiger partial charge in [0.2, 0.25) is 5.91 Å². The first-order valence-electron chi connectivity index (χ1n) is 12.2. The molecule has 0 saturated carbocycles. The Labute approximate surface area is 208 Å². The summed E-state index contributed by atoms with van der Waals surface area (Å²) in [5.74, 6) is 0.283. The number of aromatic nitrogens is 4. The molecule has 2 saturated heterocycles. The van der Waals surface area contributed by atoms with Crippen molar-refractivity contribution < 1.29 is 9.18 Å². The van der Waals surface area contributed by atoms with Gasteiger partial charge in [-0.25, -0.2) is 19.3 Å². The summed E-state index contributed by atoms with van der Waals surface area (Å²) in [7, 11) is 0. The van der Waals surface area contributed by atoms with Gasteiger partial charge in [-0.15, -0.1) is 0 Å². The van der Waals surface area contributed by atoms with Crippen molar-refractivity contribution in [2.75, 3.05) is 36.8 Å². The van der Waals surface area contributed by atoms with Crippen LogP contribution < -0.4 is 16.4 Å². The van der Waals surface area contributed by atoms with Gasteiger partial charge in [-0.2, -0.15) is 5.26 Å². The zero-order valence-electron chi connectivity index (χ0n) is 20.3. The summed E-state index contributed by atoms with van der Waals surface area (Å²) in [5, 5.41) is 8.95. The number of halogens is 1. The van der Waals surface area contributed by atoms with E-state index in [1.165, 1.54) is 12.4 Å². The smallest absolute Gasteiger partial charge is 0.244 e. The van der Waals surface area contributed by atoms with E-state index in [1.807, 2.05) is 9.47 Å². The summed E-state index contributed by atoms with van der Waals surface area (Å²) in [5.41, 5.74) is 14.8. The Hall–Kier alpha value is -3.78. The molecule has 0 unspecified atom stereocenters. The second-order valence-corrected chi connectivity index (χ2v) is 9.90. The number of nitrogens with zero attached hydrogens (tertiary/aromatic N) is 7. The number of hydrogen-bond acceptors (Lipinski definition) is 8. The molecule has 1 amide bonds. The third-order valence-corrected chi connectivity index (χ3v) is 7.61. The lowest BCUT2D eigenvalue weighted by Gasteiger charge is -2.36. The highest BCUT2D eigenvalue weighted by Gasteiger charge is 2.44. The minimum Gasteiger partial charge on any atom is -0.382 e. The van der Waals surface area contributed by atoms with E-state index in [2.05, 4.69) is 25.9 Å². The number of nitrogens with two attached hydrogens (primary N) is 2. The molecule has 36 heavy (non-hydrogen) atoms. The van der Waals surface area contributed by atoms with E-state index in [1.54, 1.807) is 19.3 Å². The minimum absolute atomic E-state index is 0.0476. The average molecular weight is 492 g/mol. The molecule has 2 aliphatic heterocycles. The SMILES string of the molecule is Cc1c(F)ccc(N2CC[C@](N)(C(=O)N3CCC(CC#N)CC3)C2)c1Cn1cnc2c(N)ncnc21. The Morgan fingerprint density at radius 1 is 1.25 bits per heavy atom. The van der Waals surface area contributed by atoms with E-state index < -0.39 is 5.54 Å². The lowest BCUT2D eigenvalue weighted by molar-refractivity contribution is -0.137. The van der Waals surface area contributed by atoms with Crippen molar-refractivity contribution in [3.8, 4) is 6.07 Å². The molecule has 0 bridgehead atoms. The molecule has 2 aromatic heterocycles. The number of amides is 1. The molecule has 1 aromatic carbocycles. The van der Waals surface area contributed by atoms with Crippen LogP contribution in [0.3, 0.4) is 0 Å². The van der Waals surface area contributed by atoms with E-state index in [9.17, 15) is 9.18 Å². The third kappa shape index (κ3) is 4.22. The molecule has 11 heteroatoms. The lowest BCUT2D eigenvalue weighted by Crippen LogP contribution is -2.58. The van der Waals surface area contributed by atoms with Crippen LogP contribution in [-0.4, -0.2) is 62.0 Å². The number of likely N-dealkylation sites (tertiary alicyclic amines) is 1. The van der Waals surface area contributed by atoms with Crippen molar-refractivity contribution >= 4 is 28.6 Å². The van der Waals surface area contributed by atoms with Crippen LogP contribution in [0.25, 0.3) is 11.2 Å². The monoisotopic (exact) mass is 491 g/mol. The van der Waals surface area contributed by atoms with Gasteiger partial charge in [-0.05, 0) is 49.8 Å². The van der Waals surface area contributed by atoms with E-state index >= 15 is 0 Å². The zero-order valence-corrected chi connectivity index (χ0v) is 20.3. The molecule has 188 valence electrons. The Balaban J connectivity index is 1.38. The van der Waals surface area contributed by atoms with Crippen LogP contribution >= 0.6 is 0 Å². The van der Waals surface area contributed by atoms with Crippen LogP contribution in [-0.2, 0) is 11.3 Å². The molecule has 0 spiro atoms. The number of nitrogen functional groups attached to an aromatic ring is 1. The first-order valence-corrected chi connectivity index (χ1v) is 12.2. The molecule has 4 N–H and O–H groups in total. The van der Waals surface area contributed by atoms with Crippen LogP contribution in [0, 0.1) is 30.0 Å². The average Bonchev–Trinajstić information content (AvgIpc) is 3.48. The van der Waals surface area contributed by atoms with Crippen LogP contribution in [0.1, 0.15) is 36.8 Å². The standard InChI is InChI=1S/C25H30FN9O/c1-16-18(12-35-15-32-21-22(28)30-14-31-23(21)35)20(3-2-19(16)26)34-11-7-25(29,13-34)24(36)33-9-5-17(4-8-27)6-10-33/h2-3,14-15,17H,4-7,9-13,29H2,1H3,(H2,28,30,31)/t25-/m1/s1. The van der Waals surface area contributed by atoms with Crippen LogP contribution in [0.4, 0.5) is 15.9 Å². The van der Waals surface area contributed by atoms with Gasteiger partial charge in [0, 0.05) is 43.9 Å². The largest absolute Gasteiger partial charge is 0.382 e. The number of anilines is 2. The number of nitriles is 1. The fourth-order valence-corrected chi connectivity index (χ4v) is 5.39. The number of fused-ring (bicyclic) bond motifs is 1. The summed E-state index contributed by atoms with van der Waals surface area (Å²) < 4.78 is 16.5. The Bertz CT molecular complexity index is 1340. The van der Waals surface area contributed by atoms with Crippen LogP contribution in [0.5, 0.6) is 0 Å². The molecule has 1 atom stereocenters. The van der Waals surface area contributed by atoms with Gasteiger partial charge >= 0.3 is 0 Å². The molecular weight excluding hydrogens is 461 g/mol. The number of benzene rings is 1. The normalized spacial score (nSPS) is 20.7. The molecular formula is C25H30FN9O.